The Bertz CT molecular complexity index is 941. The van der Waals surface area contributed by atoms with E-state index < -0.39 is 10.0 Å². The SMILES string of the molecule is CCCCCCCCCCC(C)c1ccc(S(=O)(=O)Nc2nnc(CC3OC(C)O3)s2)cc1. The Hall–Kier alpha value is -1.55. The summed E-state index contributed by atoms with van der Waals surface area (Å²) in [7, 11) is -3.71. The molecule has 2 aromatic rings. The topological polar surface area (TPSA) is 90.4 Å². The van der Waals surface area contributed by atoms with E-state index in [1.807, 2.05) is 19.1 Å². The highest BCUT2D eigenvalue weighted by Crippen LogP contribution is 2.27. The third-order valence-electron chi connectivity index (χ3n) is 5.97. The first-order chi connectivity index (χ1) is 15.9. The van der Waals surface area contributed by atoms with Gasteiger partial charge in [0, 0.05) is 0 Å². The second-order valence-corrected chi connectivity index (χ2v) is 11.6. The Morgan fingerprint density at radius 1 is 1.00 bits per heavy atom. The zero-order chi connectivity index (χ0) is 23.7. The minimum Gasteiger partial charge on any atom is -0.324 e. The van der Waals surface area contributed by atoms with Gasteiger partial charge in [-0.1, -0.05) is 88.7 Å². The number of unbranched alkanes of at least 4 members (excludes halogenated alkanes) is 7. The van der Waals surface area contributed by atoms with Crippen LogP contribution in [0.15, 0.2) is 29.2 Å². The maximum Gasteiger partial charge on any atom is 0.263 e. The second-order valence-electron chi connectivity index (χ2n) is 8.81. The number of hydrogen-bond donors (Lipinski definition) is 1. The standard InChI is InChI=1S/C24H37N3O4S2/c1-4-5-6-7-8-9-10-11-12-18(2)20-13-15-21(16-14-20)33(28,29)27-24-26-25-22(32-24)17-23-30-19(3)31-23/h13-16,18-19,23H,4-12,17H2,1-3H3,(H,26,27). The van der Waals surface area contributed by atoms with Gasteiger partial charge in [0.15, 0.2) is 12.6 Å². The lowest BCUT2D eigenvalue weighted by Gasteiger charge is -2.32. The van der Waals surface area contributed by atoms with Crippen LogP contribution in [0.5, 0.6) is 0 Å². The van der Waals surface area contributed by atoms with E-state index >= 15 is 0 Å². The molecular weight excluding hydrogens is 458 g/mol. The molecule has 0 bridgehead atoms. The molecule has 7 nitrogen and oxygen atoms in total. The number of benzene rings is 1. The van der Waals surface area contributed by atoms with Crippen LogP contribution in [0.25, 0.3) is 0 Å². The smallest absolute Gasteiger partial charge is 0.263 e. The normalized spacial score (nSPS) is 19.2. The summed E-state index contributed by atoms with van der Waals surface area (Å²) < 4.78 is 38.8. The molecule has 0 aliphatic carbocycles. The molecule has 1 atom stereocenters. The number of ether oxygens (including phenoxy) is 2. The zero-order valence-electron chi connectivity index (χ0n) is 20.0. The molecule has 1 aliphatic rings. The molecule has 184 valence electrons. The second kappa shape index (κ2) is 12.8. The van der Waals surface area contributed by atoms with Crippen molar-refractivity contribution in [1.82, 2.24) is 10.2 Å². The molecule has 3 rings (SSSR count). The van der Waals surface area contributed by atoms with Gasteiger partial charge in [-0.2, -0.15) is 0 Å². The van der Waals surface area contributed by atoms with E-state index in [4.69, 9.17) is 9.47 Å². The van der Waals surface area contributed by atoms with Gasteiger partial charge in [0.1, 0.15) is 5.01 Å². The molecule has 1 fully saturated rings. The average Bonchev–Trinajstić information content (AvgIpc) is 3.20. The molecule has 2 heterocycles. The molecule has 1 N–H and O–H groups in total. The fourth-order valence-electron chi connectivity index (χ4n) is 3.95. The van der Waals surface area contributed by atoms with Crippen molar-refractivity contribution in [3.63, 3.8) is 0 Å². The fraction of sp³-hybridized carbons (Fsp3) is 0.667. The summed E-state index contributed by atoms with van der Waals surface area (Å²) in [6.45, 7) is 6.28. The quantitative estimate of drug-likeness (QED) is 0.294. The lowest BCUT2D eigenvalue weighted by molar-refractivity contribution is -0.374. The molecule has 0 amide bonds. The van der Waals surface area contributed by atoms with Crippen molar-refractivity contribution >= 4 is 26.5 Å². The minimum atomic E-state index is -3.71. The third-order valence-corrected chi connectivity index (χ3v) is 8.31. The van der Waals surface area contributed by atoms with Crippen LogP contribution in [0.2, 0.25) is 0 Å². The van der Waals surface area contributed by atoms with Gasteiger partial charge < -0.3 is 9.47 Å². The summed E-state index contributed by atoms with van der Waals surface area (Å²) in [5.74, 6) is 0.416. The van der Waals surface area contributed by atoms with Gasteiger partial charge in [-0.05, 0) is 37.0 Å². The maximum atomic E-state index is 12.7. The summed E-state index contributed by atoms with van der Waals surface area (Å²) in [5.41, 5.74) is 1.17. The van der Waals surface area contributed by atoms with Crippen LogP contribution in [0, 0.1) is 0 Å². The lowest BCUT2D eigenvalue weighted by atomic mass is 9.95. The zero-order valence-corrected chi connectivity index (χ0v) is 21.6. The van der Waals surface area contributed by atoms with Crippen LogP contribution in [-0.2, 0) is 25.9 Å². The summed E-state index contributed by atoms with van der Waals surface area (Å²) in [6, 6.07) is 7.17. The number of anilines is 1. The van der Waals surface area contributed by atoms with E-state index in [0.29, 0.717) is 17.3 Å². The van der Waals surface area contributed by atoms with Crippen LogP contribution in [0.3, 0.4) is 0 Å². The molecule has 0 spiro atoms. The molecular formula is C24H37N3O4S2. The Balaban J connectivity index is 1.43. The van der Waals surface area contributed by atoms with E-state index in [0.717, 1.165) is 6.42 Å². The summed E-state index contributed by atoms with van der Waals surface area (Å²) in [4.78, 5) is 0.224. The van der Waals surface area contributed by atoms with Crippen molar-refractivity contribution < 1.29 is 17.9 Å². The van der Waals surface area contributed by atoms with Crippen LogP contribution < -0.4 is 4.72 Å². The van der Waals surface area contributed by atoms with Crippen molar-refractivity contribution in [3.8, 4) is 0 Å². The van der Waals surface area contributed by atoms with Gasteiger partial charge >= 0.3 is 0 Å². The molecule has 0 saturated carbocycles. The molecule has 1 saturated heterocycles. The van der Waals surface area contributed by atoms with Crippen molar-refractivity contribution in [1.29, 1.82) is 0 Å². The van der Waals surface area contributed by atoms with Crippen LogP contribution in [0.4, 0.5) is 5.13 Å². The van der Waals surface area contributed by atoms with Crippen LogP contribution >= 0.6 is 11.3 Å². The summed E-state index contributed by atoms with van der Waals surface area (Å²) in [5, 5.41) is 8.86. The number of sulfonamides is 1. The predicted octanol–water partition coefficient (Wildman–Crippen LogP) is 6.23. The third kappa shape index (κ3) is 8.31. The molecule has 33 heavy (non-hydrogen) atoms. The van der Waals surface area contributed by atoms with Crippen molar-refractivity contribution in [2.75, 3.05) is 4.72 Å². The highest BCUT2D eigenvalue weighted by atomic mass is 32.2. The van der Waals surface area contributed by atoms with E-state index in [2.05, 4.69) is 28.8 Å². The number of hydrogen-bond acceptors (Lipinski definition) is 7. The number of aromatic nitrogens is 2. The molecule has 9 heteroatoms. The molecule has 1 aliphatic heterocycles. The maximum absolute atomic E-state index is 12.7. The largest absolute Gasteiger partial charge is 0.324 e. The van der Waals surface area contributed by atoms with Crippen molar-refractivity contribution in [3.05, 3.63) is 34.8 Å². The van der Waals surface area contributed by atoms with Gasteiger partial charge in [-0.25, -0.2) is 8.42 Å². The van der Waals surface area contributed by atoms with Gasteiger partial charge in [0.2, 0.25) is 5.13 Å². The van der Waals surface area contributed by atoms with Crippen molar-refractivity contribution in [2.45, 2.75) is 108 Å². The highest BCUT2D eigenvalue weighted by molar-refractivity contribution is 7.93. The predicted molar refractivity (Wildman–Crippen MR) is 132 cm³/mol. The molecule has 1 aromatic carbocycles. The van der Waals surface area contributed by atoms with Crippen LogP contribution in [-0.4, -0.2) is 31.2 Å². The Morgan fingerprint density at radius 3 is 2.27 bits per heavy atom. The molecule has 1 unspecified atom stereocenters. The van der Waals surface area contributed by atoms with E-state index in [1.54, 1.807) is 12.1 Å². The Kier molecular flexibility index (Phi) is 10.1. The first-order valence-electron chi connectivity index (χ1n) is 12.1. The molecule has 1 aromatic heterocycles. The number of rotatable bonds is 15. The monoisotopic (exact) mass is 495 g/mol. The van der Waals surface area contributed by atoms with Crippen LogP contribution in [0.1, 0.15) is 95.0 Å². The van der Waals surface area contributed by atoms with Gasteiger partial charge in [0.05, 0.1) is 11.3 Å². The summed E-state index contributed by atoms with van der Waals surface area (Å²) in [6.07, 6.45) is 11.5. The lowest BCUT2D eigenvalue weighted by Crippen LogP contribution is -2.40. The van der Waals surface area contributed by atoms with Gasteiger partial charge in [-0.3, -0.25) is 4.72 Å². The highest BCUT2D eigenvalue weighted by Gasteiger charge is 2.28. The first-order valence-corrected chi connectivity index (χ1v) is 14.4. The Morgan fingerprint density at radius 2 is 1.64 bits per heavy atom. The number of nitrogens with one attached hydrogen (secondary N) is 1. The van der Waals surface area contributed by atoms with E-state index in [9.17, 15) is 8.42 Å². The number of nitrogens with zero attached hydrogens (tertiary/aromatic N) is 2. The Labute approximate surface area is 202 Å². The van der Waals surface area contributed by atoms with Crippen molar-refractivity contribution in [2.24, 2.45) is 0 Å². The van der Waals surface area contributed by atoms with Gasteiger partial charge in [0.25, 0.3) is 10.0 Å². The van der Waals surface area contributed by atoms with Gasteiger partial charge in [-0.15, -0.1) is 10.2 Å². The minimum absolute atomic E-state index is 0.202. The fourth-order valence-corrected chi connectivity index (χ4v) is 5.94. The molecule has 0 radical (unpaired) electrons. The summed E-state index contributed by atoms with van der Waals surface area (Å²) >= 11 is 1.19. The van der Waals surface area contributed by atoms with E-state index in [-0.39, 0.29) is 22.6 Å². The average molecular weight is 496 g/mol. The van der Waals surface area contributed by atoms with E-state index in [1.165, 1.54) is 68.3 Å². The first kappa shape index (κ1) is 26.1.